The van der Waals surface area contributed by atoms with Crippen LogP contribution in [0.2, 0.25) is 0 Å². The number of nitro benzene ring substituents is 1. The number of aromatic nitrogens is 2. The Kier molecular flexibility index (Phi) is 5.59. The van der Waals surface area contributed by atoms with Crippen molar-refractivity contribution in [1.82, 2.24) is 10.2 Å². The number of carbonyl (C=O) groups excluding carboxylic acids is 1. The van der Waals surface area contributed by atoms with Gasteiger partial charge in [0, 0.05) is 22.1 Å². The van der Waals surface area contributed by atoms with E-state index in [-0.39, 0.29) is 11.3 Å². The Bertz CT molecular complexity index is 944. The topological polar surface area (TPSA) is 98.0 Å². The summed E-state index contributed by atoms with van der Waals surface area (Å²) >= 11 is 2.91. The van der Waals surface area contributed by atoms with E-state index in [9.17, 15) is 14.9 Å². The zero-order valence-corrected chi connectivity index (χ0v) is 15.3. The first-order valence-corrected chi connectivity index (χ1v) is 9.40. The van der Waals surface area contributed by atoms with Gasteiger partial charge in [-0.2, -0.15) is 0 Å². The molecule has 0 saturated heterocycles. The maximum atomic E-state index is 12.3. The molecular formula is C17H14N4O3S2. The second-order valence-corrected chi connectivity index (χ2v) is 7.43. The predicted octanol–water partition coefficient (Wildman–Crippen LogP) is 4.30. The van der Waals surface area contributed by atoms with Crippen LogP contribution in [-0.2, 0) is 5.75 Å². The maximum absolute atomic E-state index is 12.3. The molecule has 0 radical (unpaired) electrons. The van der Waals surface area contributed by atoms with Crippen LogP contribution in [0.5, 0.6) is 0 Å². The summed E-state index contributed by atoms with van der Waals surface area (Å²) in [4.78, 5) is 23.9. The molecule has 0 saturated carbocycles. The van der Waals surface area contributed by atoms with Crippen molar-refractivity contribution >= 4 is 39.8 Å². The number of thioether (sulfide) groups is 1. The van der Waals surface area contributed by atoms with Crippen LogP contribution in [0, 0.1) is 17.0 Å². The Labute approximate surface area is 157 Å². The lowest BCUT2D eigenvalue weighted by molar-refractivity contribution is -0.385. The standard InChI is InChI=1S/C17H14N4O3S2/c1-11-7-8-12(9-14(11)21(23)24)16(22)18-17-20-19-15(26-17)10-25-13-5-3-2-4-6-13/h2-9H,10H2,1H3,(H,18,20,22). The number of hydrogen-bond donors (Lipinski definition) is 1. The third kappa shape index (κ3) is 4.44. The van der Waals surface area contributed by atoms with Crippen LogP contribution in [-0.4, -0.2) is 21.0 Å². The second kappa shape index (κ2) is 8.07. The van der Waals surface area contributed by atoms with Crippen molar-refractivity contribution in [3.05, 3.63) is 74.8 Å². The fraction of sp³-hybridized carbons (Fsp3) is 0.118. The van der Waals surface area contributed by atoms with Crippen LogP contribution in [0.25, 0.3) is 0 Å². The van der Waals surface area contributed by atoms with Crippen LogP contribution in [0.4, 0.5) is 10.8 Å². The van der Waals surface area contributed by atoms with Crippen LogP contribution < -0.4 is 5.32 Å². The zero-order valence-electron chi connectivity index (χ0n) is 13.7. The highest BCUT2D eigenvalue weighted by Crippen LogP contribution is 2.26. The van der Waals surface area contributed by atoms with Crippen molar-refractivity contribution < 1.29 is 9.72 Å². The molecule has 0 aliphatic rings. The van der Waals surface area contributed by atoms with E-state index in [1.54, 1.807) is 30.8 Å². The van der Waals surface area contributed by atoms with Crippen LogP contribution in [0.1, 0.15) is 20.9 Å². The second-order valence-electron chi connectivity index (χ2n) is 5.32. The van der Waals surface area contributed by atoms with E-state index in [2.05, 4.69) is 15.5 Å². The fourth-order valence-corrected chi connectivity index (χ4v) is 3.78. The van der Waals surface area contributed by atoms with Crippen molar-refractivity contribution in [3.8, 4) is 0 Å². The van der Waals surface area contributed by atoms with E-state index >= 15 is 0 Å². The highest BCUT2D eigenvalue weighted by Gasteiger charge is 2.16. The summed E-state index contributed by atoms with van der Waals surface area (Å²) in [5.41, 5.74) is 0.621. The molecule has 26 heavy (non-hydrogen) atoms. The first-order chi connectivity index (χ1) is 12.5. The number of hydrogen-bond acceptors (Lipinski definition) is 7. The van der Waals surface area contributed by atoms with Crippen molar-refractivity contribution in [2.24, 2.45) is 0 Å². The Morgan fingerprint density at radius 3 is 2.73 bits per heavy atom. The van der Waals surface area contributed by atoms with Crippen LogP contribution in [0.15, 0.2) is 53.4 Å². The molecule has 0 fully saturated rings. The molecule has 1 aromatic heterocycles. The maximum Gasteiger partial charge on any atom is 0.273 e. The molecule has 0 spiro atoms. The van der Waals surface area contributed by atoms with Gasteiger partial charge in [-0.1, -0.05) is 35.6 Å². The lowest BCUT2D eigenvalue weighted by Crippen LogP contribution is -2.12. The number of nitro groups is 1. The largest absolute Gasteiger partial charge is 0.296 e. The fourth-order valence-electron chi connectivity index (χ4n) is 2.14. The van der Waals surface area contributed by atoms with Crippen molar-refractivity contribution in [3.63, 3.8) is 0 Å². The van der Waals surface area contributed by atoms with Gasteiger partial charge >= 0.3 is 0 Å². The monoisotopic (exact) mass is 386 g/mol. The van der Waals surface area contributed by atoms with Gasteiger partial charge in [0.05, 0.1) is 10.7 Å². The number of carbonyl (C=O) groups is 1. The van der Waals surface area contributed by atoms with Crippen molar-refractivity contribution in [2.75, 3.05) is 5.32 Å². The van der Waals surface area contributed by atoms with Crippen LogP contribution in [0.3, 0.4) is 0 Å². The van der Waals surface area contributed by atoms with Gasteiger partial charge in [-0.25, -0.2) is 0 Å². The molecule has 3 rings (SSSR count). The van der Waals surface area contributed by atoms with Gasteiger partial charge in [0.1, 0.15) is 5.01 Å². The molecule has 0 bridgehead atoms. The Morgan fingerprint density at radius 1 is 1.23 bits per heavy atom. The highest BCUT2D eigenvalue weighted by atomic mass is 32.2. The first-order valence-electron chi connectivity index (χ1n) is 7.59. The summed E-state index contributed by atoms with van der Waals surface area (Å²) < 4.78 is 0. The Balaban J connectivity index is 1.64. The van der Waals surface area contributed by atoms with Crippen molar-refractivity contribution in [2.45, 2.75) is 17.6 Å². The number of benzene rings is 2. The third-order valence-corrected chi connectivity index (χ3v) is 5.51. The number of aryl methyl sites for hydroxylation is 1. The number of amides is 1. The predicted molar refractivity (Wildman–Crippen MR) is 102 cm³/mol. The highest BCUT2D eigenvalue weighted by molar-refractivity contribution is 7.98. The molecule has 1 amide bonds. The van der Waals surface area contributed by atoms with Gasteiger partial charge in [0.25, 0.3) is 11.6 Å². The molecule has 1 N–H and O–H groups in total. The smallest absolute Gasteiger partial charge is 0.273 e. The van der Waals surface area contributed by atoms with Gasteiger partial charge in [0.15, 0.2) is 0 Å². The lowest BCUT2D eigenvalue weighted by Gasteiger charge is -2.02. The number of anilines is 1. The van der Waals surface area contributed by atoms with Gasteiger partial charge in [-0.15, -0.1) is 22.0 Å². The zero-order chi connectivity index (χ0) is 18.5. The first kappa shape index (κ1) is 18.0. The molecule has 0 aliphatic carbocycles. The van der Waals surface area contributed by atoms with E-state index in [1.807, 2.05) is 30.3 Å². The Hall–Kier alpha value is -2.78. The average molecular weight is 386 g/mol. The quantitative estimate of drug-likeness (QED) is 0.385. The third-order valence-electron chi connectivity index (χ3n) is 3.46. The van der Waals surface area contributed by atoms with Gasteiger partial charge in [-0.3, -0.25) is 20.2 Å². The molecule has 0 unspecified atom stereocenters. The van der Waals surface area contributed by atoms with E-state index in [0.29, 0.717) is 16.4 Å². The summed E-state index contributed by atoms with van der Waals surface area (Å²) in [6.07, 6.45) is 0. The minimum atomic E-state index is -0.504. The summed E-state index contributed by atoms with van der Waals surface area (Å²) in [7, 11) is 0. The summed E-state index contributed by atoms with van der Waals surface area (Å²) in [5.74, 6) is 0.194. The summed E-state index contributed by atoms with van der Waals surface area (Å²) in [6, 6.07) is 14.3. The summed E-state index contributed by atoms with van der Waals surface area (Å²) in [6.45, 7) is 1.63. The normalized spacial score (nSPS) is 10.5. The minimum absolute atomic E-state index is 0.0881. The van der Waals surface area contributed by atoms with E-state index in [0.717, 1.165) is 9.90 Å². The Morgan fingerprint density at radius 2 is 2.00 bits per heavy atom. The summed E-state index contributed by atoms with van der Waals surface area (Å²) in [5, 5.41) is 22.8. The van der Waals surface area contributed by atoms with Crippen molar-refractivity contribution in [1.29, 1.82) is 0 Å². The average Bonchev–Trinajstić information content (AvgIpc) is 3.08. The molecule has 3 aromatic rings. The number of rotatable bonds is 6. The number of nitrogens with one attached hydrogen (secondary N) is 1. The molecular weight excluding hydrogens is 372 g/mol. The minimum Gasteiger partial charge on any atom is -0.296 e. The molecule has 7 nitrogen and oxygen atoms in total. The van der Waals surface area contributed by atoms with Crippen LogP contribution >= 0.6 is 23.1 Å². The van der Waals surface area contributed by atoms with Gasteiger partial charge in [0.2, 0.25) is 5.13 Å². The van der Waals surface area contributed by atoms with E-state index < -0.39 is 10.8 Å². The SMILES string of the molecule is Cc1ccc(C(=O)Nc2nnc(CSc3ccccc3)s2)cc1[N+](=O)[O-]. The van der Waals surface area contributed by atoms with E-state index in [1.165, 1.54) is 17.4 Å². The molecule has 1 heterocycles. The van der Waals surface area contributed by atoms with Gasteiger partial charge < -0.3 is 0 Å². The molecule has 132 valence electrons. The lowest BCUT2D eigenvalue weighted by atomic mass is 10.1. The molecule has 2 aromatic carbocycles. The van der Waals surface area contributed by atoms with E-state index in [4.69, 9.17) is 0 Å². The molecule has 0 aliphatic heterocycles. The molecule has 0 atom stereocenters. The van der Waals surface area contributed by atoms with Gasteiger partial charge in [-0.05, 0) is 25.1 Å². The number of nitrogens with zero attached hydrogens (tertiary/aromatic N) is 3. The molecule has 9 heteroatoms.